The molecule has 0 spiro atoms. The predicted molar refractivity (Wildman–Crippen MR) is 88.1 cm³/mol. The van der Waals surface area contributed by atoms with E-state index in [-0.39, 0.29) is 11.5 Å². The number of hydrogen-bond acceptors (Lipinski definition) is 3. The first-order chi connectivity index (χ1) is 11.6. The van der Waals surface area contributed by atoms with Gasteiger partial charge in [-0.2, -0.15) is 0 Å². The maximum Gasteiger partial charge on any atom is 0.165 e. The maximum absolute atomic E-state index is 13.9. The second kappa shape index (κ2) is 6.66. The highest BCUT2D eigenvalue weighted by atomic mass is 19.1. The van der Waals surface area contributed by atoms with Gasteiger partial charge in [0.15, 0.2) is 23.1 Å². The van der Waals surface area contributed by atoms with Crippen LogP contribution >= 0.6 is 0 Å². The summed E-state index contributed by atoms with van der Waals surface area (Å²) in [6, 6.07) is 14.6. The predicted octanol–water partition coefficient (Wildman–Crippen LogP) is 4.71. The fourth-order valence-corrected chi connectivity index (χ4v) is 2.41. The van der Waals surface area contributed by atoms with Crippen LogP contribution in [-0.4, -0.2) is 19.2 Å². The van der Waals surface area contributed by atoms with Crippen LogP contribution in [0.3, 0.4) is 0 Å². The number of ether oxygens (including phenoxy) is 2. The van der Waals surface area contributed by atoms with Crippen LogP contribution < -0.4 is 9.47 Å². The lowest BCUT2D eigenvalue weighted by Crippen LogP contribution is -1.92. The van der Waals surface area contributed by atoms with Crippen molar-refractivity contribution >= 4 is 0 Å². The van der Waals surface area contributed by atoms with E-state index in [1.165, 1.54) is 26.4 Å². The van der Waals surface area contributed by atoms with Crippen molar-refractivity contribution in [2.75, 3.05) is 14.2 Å². The van der Waals surface area contributed by atoms with E-state index in [2.05, 4.69) is 4.98 Å². The molecular formula is C19H15F2NO2. The molecule has 2 aromatic carbocycles. The number of nitrogens with zero attached hydrogens (tertiary/aromatic N) is 1. The molecule has 122 valence electrons. The van der Waals surface area contributed by atoms with Gasteiger partial charge in [0, 0.05) is 11.1 Å². The average molecular weight is 327 g/mol. The molecule has 0 N–H and O–H groups in total. The molecule has 5 heteroatoms. The average Bonchev–Trinajstić information content (AvgIpc) is 2.61. The Morgan fingerprint density at radius 2 is 1.17 bits per heavy atom. The lowest BCUT2D eigenvalue weighted by molar-refractivity contribution is 0.386. The minimum atomic E-state index is -0.460. The number of hydrogen-bond donors (Lipinski definition) is 0. The van der Waals surface area contributed by atoms with Crippen LogP contribution in [0.15, 0.2) is 54.6 Å². The summed E-state index contributed by atoms with van der Waals surface area (Å²) >= 11 is 0. The van der Waals surface area contributed by atoms with Crippen LogP contribution in [0.25, 0.3) is 22.5 Å². The standard InChI is InChI=1S/C19H15F2NO2/c1-23-18-8-6-12(10-14(18)20)16-4-3-5-17(22-16)13-7-9-19(24-2)15(21)11-13/h3-11H,1-2H3. The highest BCUT2D eigenvalue weighted by Crippen LogP contribution is 2.28. The maximum atomic E-state index is 13.9. The first kappa shape index (κ1) is 15.9. The largest absolute Gasteiger partial charge is 0.494 e. The topological polar surface area (TPSA) is 31.4 Å². The summed E-state index contributed by atoms with van der Waals surface area (Å²) in [4.78, 5) is 4.49. The molecule has 3 rings (SSSR count). The summed E-state index contributed by atoms with van der Waals surface area (Å²) in [7, 11) is 2.82. The zero-order valence-electron chi connectivity index (χ0n) is 13.2. The molecule has 0 fully saturated rings. The Morgan fingerprint density at radius 1 is 0.708 bits per heavy atom. The minimum Gasteiger partial charge on any atom is -0.494 e. The summed E-state index contributed by atoms with van der Waals surface area (Å²) < 4.78 is 37.6. The molecular weight excluding hydrogens is 312 g/mol. The van der Waals surface area contributed by atoms with Crippen molar-refractivity contribution < 1.29 is 18.3 Å². The number of methoxy groups -OCH3 is 2. The van der Waals surface area contributed by atoms with Gasteiger partial charge in [0.1, 0.15) is 0 Å². The van der Waals surface area contributed by atoms with Gasteiger partial charge in [-0.3, -0.25) is 0 Å². The Balaban J connectivity index is 2.00. The summed E-state index contributed by atoms with van der Waals surface area (Å²) in [6.07, 6.45) is 0. The number of pyridine rings is 1. The van der Waals surface area contributed by atoms with Crippen molar-refractivity contribution in [1.82, 2.24) is 4.98 Å². The van der Waals surface area contributed by atoms with Crippen molar-refractivity contribution in [2.24, 2.45) is 0 Å². The first-order valence-electron chi connectivity index (χ1n) is 7.27. The SMILES string of the molecule is COc1ccc(-c2cccc(-c3ccc(OC)c(F)c3)n2)cc1F. The molecule has 24 heavy (non-hydrogen) atoms. The molecule has 0 saturated heterocycles. The number of aromatic nitrogens is 1. The molecule has 3 nitrogen and oxygen atoms in total. The molecule has 1 aromatic heterocycles. The van der Waals surface area contributed by atoms with Crippen molar-refractivity contribution in [1.29, 1.82) is 0 Å². The molecule has 0 saturated carbocycles. The Kier molecular flexibility index (Phi) is 4.42. The summed E-state index contributed by atoms with van der Waals surface area (Å²) in [6.45, 7) is 0. The van der Waals surface area contributed by atoms with Crippen LogP contribution in [-0.2, 0) is 0 Å². The van der Waals surface area contributed by atoms with Gasteiger partial charge in [-0.05, 0) is 48.5 Å². The molecule has 0 atom stereocenters. The van der Waals surface area contributed by atoms with Gasteiger partial charge in [0.25, 0.3) is 0 Å². The molecule has 0 unspecified atom stereocenters. The molecule has 0 amide bonds. The normalized spacial score (nSPS) is 10.5. The Morgan fingerprint density at radius 3 is 1.54 bits per heavy atom. The number of benzene rings is 2. The van der Waals surface area contributed by atoms with E-state index >= 15 is 0 Å². The van der Waals surface area contributed by atoms with Gasteiger partial charge in [-0.15, -0.1) is 0 Å². The third kappa shape index (κ3) is 3.06. The highest BCUT2D eigenvalue weighted by molar-refractivity contribution is 5.67. The summed E-state index contributed by atoms with van der Waals surface area (Å²) in [5.74, 6) is -0.574. The van der Waals surface area contributed by atoms with E-state index in [0.717, 1.165) is 0 Å². The van der Waals surface area contributed by atoms with Crippen molar-refractivity contribution in [2.45, 2.75) is 0 Å². The molecule has 0 bridgehead atoms. The fraction of sp³-hybridized carbons (Fsp3) is 0.105. The second-order valence-corrected chi connectivity index (χ2v) is 5.11. The smallest absolute Gasteiger partial charge is 0.165 e. The molecule has 0 radical (unpaired) electrons. The molecule has 0 aliphatic carbocycles. The molecule has 3 aromatic rings. The van der Waals surface area contributed by atoms with E-state index in [1.54, 1.807) is 42.5 Å². The Hall–Kier alpha value is -2.95. The van der Waals surface area contributed by atoms with Crippen LogP contribution in [0.1, 0.15) is 0 Å². The van der Waals surface area contributed by atoms with E-state index < -0.39 is 11.6 Å². The molecule has 1 heterocycles. The Bertz CT molecular complexity index is 812. The summed E-state index contributed by atoms with van der Waals surface area (Å²) in [5.41, 5.74) is 2.41. The van der Waals surface area contributed by atoms with Gasteiger partial charge >= 0.3 is 0 Å². The third-order valence-corrected chi connectivity index (χ3v) is 3.64. The van der Waals surface area contributed by atoms with E-state index in [1.807, 2.05) is 0 Å². The van der Waals surface area contributed by atoms with Crippen LogP contribution in [0, 0.1) is 11.6 Å². The zero-order chi connectivity index (χ0) is 17.1. The molecule has 0 aliphatic rings. The Labute approximate surface area is 138 Å². The van der Waals surface area contributed by atoms with Gasteiger partial charge in [-0.1, -0.05) is 6.07 Å². The van der Waals surface area contributed by atoms with Crippen molar-refractivity contribution in [3.8, 4) is 34.0 Å². The van der Waals surface area contributed by atoms with E-state index in [0.29, 0.717) is 22.5 Å². The van der Waals surface area contributed by atoms with E-state index in [4.69, 9.17) is 9.47 Å². The molecule has 0 aliphatic heterocycles. The van der Waals surface area contributed by atoms with Gasteiger partial charge in [0.2, 0.25) is 0 Å². The van der Waals surface area contributed by atoms with Gasteiger partial charge in [-0.25, -0.2) is 13.8 Å². The number of halogens is 2. The van der Waals surface area contributed by atoms with Gasteiger partial charge < -0.3 is 9.47 Å². The van der Waals surface area contributed by atoms with Crippen LogP contribution in [0.2, 0.25) is 0 Å². The number of rotatable bonds is 4. The first-order valence-corrected chi connectivity index (χ1v) is 7.27. The van der Waals surface area contributed by atoms with E-state index in [9.17, 15) is 8.78 Å². The zero-order valence-corrected chi connectivity index (χ0v) is 13.2. The third-order valence-electron chi connectivity index (χ3n) is 3.64. The lowest BCUT2D eigenvalue weighted by atomic mass is 10.1. The van der Waals surface area contributed by atoms with Crippen molar-refractivity contribution in [3.05, 3.63) is 66.2 Å². The van der Waals surface area contributed by atoms with Gasteiger partial charge in [0.05, 0.1) is 25.6 Å². The lowest BCUT2D eigenvalue weighted by Gasteiger charge is -2.08. The fourth-order valence-electron chi connectivity index (χ4n) is 2.41. The second-order valence-electron chi connectivity index (χ2n) is 5.11. The van der Waals surface area contributed by atoms with Crippen molar-refractivity contribution in [3.63, 3.8) is 0 Å². The summed E-state index contributed by atoms with van der Waals surface area (Å²) in [5, 5.41) is 0. The quantitative estimate of drug-likeness (QED) is 0.695. The van der Waals surface area contributed by atoms with Crippen LogP contribution in [0.4, 0.5) is 8.78 Å². The highest BCUT2D eigenvalue weighted by Gasteiger charge is 2.09. The monoisotopic (exact) mass is 327 g/mol. The minimum absolute atomic E-state index is 0.173. The van der Waals surface area contributed by atoms with Crippen LogP contribution in [0.5, 0.6) is 11.5 Å².